The lowest BCUT2D eigenvalue weighted by Gasteiger charge is -2.35. The maximum Gasteiger partial charge on any atom is 0.317 e. The number of aromatic nitrogens is 3. The highest BCUT2D eigenvalue weighted by Gasteiger charge is 2.21. The van der Waals surface area contributed by atoms with Crippen LogP contribution in [0.4, 0.5) is 16.4 Å². The van der Waals surface area contributed by atoms with Crippen molar-refractivity contribution in [3.05, 3.63) is 42.5 Å². The van der Waals surface area contributed by atoms with Gasteiger partial charge in [0.1, 0.15) is 11.6 Å². The van der Waals surface area contributed by atoms with Gasteiger partial charge in [0.15, 0.2) is 0 Å². The summed E-state index contributed by atoms with van der Waals surface area (Å²) in [7, 11) is 3.89. The molecule has 1 saturated heterocycles. The normalized spacial score (nSPS) is 14.3. The van der Waals surface area contributed by atoms with Crippen molar-refractivity contribution in [2.75, 3.05) is 50.1 Å². The van der Waals surface area contributed by atoms with Crippen LogP contribution in [0.15, 0.2) is 36.9 Å². The minimum atomic E-state index is -0.0398. The van der Waals surface area contributed by atoms with E-state index < -0.39 is 0 Å². The van der Waals surface area contributed by atoms with Gasteiger partial charge in [-0.15, -0.1) is 0 Å². The Bertz CT molecular complexity index is 699. The maximum absolute atomic E-state index is 12.4. The minimum absolute atomic E-state index is 0.0398. The van der Waals surface area contributed by atoms with Crippen LogP contribution in [0.25, 0.3) is 0 Å². The van der Waals surface area contributed by atoms with E-state index in [1.807, 2.05) is 36.0 Å². The fourth-order valence-electron chi connectivity index (χ4n) is 2.70. The number of hydrogen-bond donors (Lipinski definition) is 1. The molecule has 0 spiro atoms. The van der Waals surface area contributed by atoms with Gasteiger partial charge in [-0.25, -0.2) is 14.8 Å². The fourth-order valence-corrected chi connectivity index (χ4v) is 2.70. The Morgan fingerprint density at radius 1 is 1.16 bits per heavy atom. The highest BCUT2D eigenvalue weighted by molar-refractivity contribution is 5.74. The Kier molecular flexibility index (Phi) is 5.27. The molecule has 2 aromatic heterocycles. The van der Waals surface area contributed by atoms with Gasteiger partial charge in [-0.05, 0) is 17.7 Å². The fraction of sp³-hybridized carbons (Fsp3) is 0.412. The predicted octanol–water partition coefficient (Wildman–Crippen LogP) is 0.969. The van der Waals surface area contributed by atoms with Gasteiger partial charge in [0.05, 0.1) is 6.20 Å². The Labute approximate surface area is 147 Å². The number of urea groups is 1. The van der Waals surface area contributed by atoms with E-state index in [9.17, 15) is 4.79 Å². The molecule has 0 atom stereocenters. The van der Waals surface area contributed by atoms with Crippen LogP contribution in [0.2, 0.25) is 0 Å². The maximum atomic E-state index is 12.4. The van der Waals surface area contributed by atoms with Crippen molar-refractivity contribution < 1.29 is 4.79 Å². The van der Waals surface area contributed by atoms with Crippen LogP contribution in [0.1, 0.15) is 5.56 Å². The molecule has 0 aliphatic carbocycles. The van der Waals surface area contributed by atoms with Crippen molar-refractivity contribution in [2.24, 2.45) is 0 Å². The monoisotopic (exact) mass is 341 g/mol. The van der Waals surface area contributed by atoms with Crippen LogP contribution in [0.3, 0.4) is 0 Å². The third-order valence-electron chi connectivity index (χ3n) is 4.15. The molecule has 25 heavy (non-hydrogen) atoms. The first-order valence-electron chi connectivity index (χ1n) is 8.29. The molecule has 3 heterocycles. The molecular formula is C17H23N7O. The topological polar surface area (TPSA) is 77.5 Å². The van der Waals surface area contributed by atoms with Gasteiger partial charge in [0.2, 0.25) is 0 Å². The van der Waals surface area contributed by atoms with Crippen molar-refractivity contribution >= 4 is 17.7 Å². The van der Waals surface area contributed by atoms with Gasteiger partial charge in [-0.2, -0.15) is 0 Å². The van der Waals surface area contributed by atoms with Gasteiger partial charge in [0, 0.05) is 65.4 Å². The SMILES string of the molecule is CN(C)c1cc(CNC(=O)N2CCN(c3cnccn3)CC2)ccn1. The van der Waals surface area contributed by atoms with Crippen LogP contribution in [0.5, 0.6) is 0 Å². The number of carbonyl (C=O) groups is 1. The van der Waals surface area contributed by atoms with Gasteiger partial charge in [-0.3, -0.25) is 4.98 Å². The summed E-state index contributed by atoms with van der Waals surface area (Å²) in [4.78, 5) is 31.0. The first-order chi connectivity index (χ1) is 12.1. The third kappa shape index (κ3) is 4.34. The second-order valence-electron chi connectivity index (χ2n) is 6.11. The number of hydrogen-bond acceptors (Lipinski definition) is 6. The standard InChI is InChI=1S/C17H23N7O/c1-22(2)15-11-14(3-4-19-15)12-21-17(25)24-9-7-23(8-10-24)16-13-18-5-6-20-16/h3-6,11,13H,7-10,12H2,1-2H3,(H,21,25). The Morgan fingerprint density at radius 3 is 2.64 bits per heavy atom. The smallest absolute Gasteiger partial charge is 0.317 e. The Balaban J connectivity index is 1.49. The molecule has 0 bridgehead atoms. The van der Waals surface area contributed by atoms with Crippen LogP contribution in [-0.2, 0) is 6.54 Å². The molecule has 1 fully saturated rings. The summed E-state index contributed by atoms with van der Waals surface area (Å²) in [6, 6.07) is 3.85. The quantitative estimate of drug-likeness (QED) is 0.893. The number of rotatable bonds is 4. The van der Waals surface area contributed by atoms with E-state index in [0.717, 1.165) is 30.3 Å². The largest absolute Gasteiger partial charge is 0.363 e. The summed E-state index contributed by atoms with van der Waals surface area (Å²) in [5.41, 5.74) is 1.03. The molecule has 1 N–H and O–H groups in total. The zero-order valence-electron chi connectivity index (χ0n) is 14.6. The zero-order chi connectivity index (χ0) is 17.6. The van der Waals surface area contributed by atoms with Gasteiger partial charge in [-0.1, -0.05) is 0 Å². The first kappa shape index (κ1) is 16.9. The second-order valence-corrected chi connectivity index (χ2v) is 6.11. The van der Waals surface area contributed by atoms with Gasteiger partial charge < -0.3 is 20.0 Å². The molecule has 0 unspecified atom stereocenters. The second kappa shape index (κ2) is 7.78. The number of amides is 2. The van der Waals surface area contributed by atoms with Crippen LogP contribution >= 0.6 is 0 Å². The Morgan fingerprint density at radius 2 is 1.96 bits per heavy atom. The Hall–Kier alpha value is -2.90. The molecule has 0 aromatic carbocycles. The van der Waals surface area contributed by atoms with Gasteiger partial charge >= 0.3 is 6.03 Å². The molecule has 2 aromatic rings. The average Bonchev–Trinajstić information content (AvgIpc) is 2.67. The highest BCUT2D eigenvalue weighted by atomic mass is 16.2. The third-order valence-corrected chi connectivity index (χ3v) is 4.15. The lowest BCUT2D eigenvalue weighted by Crippen LogP contribution is -2.51. The molecule has 1 aliphatic rings. The molecule has 0 radical (unpaired) electrons. The van der Waals surface area contributed by atoms with Crippen molar-refractivity contribution in [1.29, 1.82) is 0 Å². The zero-order valence-corrected chi connectivity index (χ0v) is 14.6. The highest BCUT2D eigenvalue weighted by Crippen LogP contribution is 2.12. The summed E-state index contributed by atoms with van der Waals surface area (Å²) in [5, 5.41) is 2.98. The number of piperazine rings is 1. The lowest BCUT2D eigenvalue weighted by molar-refractivity contribution is 0.194. The lowest BCUT2D eigenvalue weighted by atomic mass is 10.2. The van der Waals surface area contributed by atoms with Gasteiger partial charge in [0.25, 0.3) is 0 Å². The van der Waals surface area contributed by atoms with E-state index in [1.54, 1.807) is 24.8 Å². The number of pyridine rings is 1. The van der Waals surface area contributed by atoms with E-state index in [4.69, 9.17) is 0 Å². The molecule has 8 heteroatoms. The summed E-state index contributed by atoms with van der Waals surface area (Å²) in [6.07, 6.45) is 6.86. The summed E-state index contributed by atoms with van der Waals surface area (Å²) in [6.45, 7) is 3.34. The van der Waals surface area contributed by atoms with Crippen LogP contribution in [-0.4, -0.2) is 66.2 Å². The average molecular weight is 341 g/mol. The molecule has 132 valence electrons. The summed E-state index contributed by atoms with van der Waals surface area (Å²) < 4.78 is 0. The molecule has 0 saturated carbocycles. The predicted molar refractivity (Wildman–Crippen MR) is 96.6 cm³/mol. The molecular weight excluding hydrogens is 318 g/mol. The van der Waals surface area contributed by atoms with Crippen molar-refractivity contribution in [1.82, 2.24) is 25.2 Å². The molecule has 3 rings (SSSR count). The van der Waals surface area contributed by atoms with E-state index in [1.165, 1.54) is 0 Å². The van der Waals surface area contributed by atoms with Crippen molar-refractivity contribution in [2.45, 2.75) is 6.54 Å². The summed E-state index contributed by atoms with van der Waals surface area (Å²) >= 11 is 0. The van der Waals surface area contributed by atoms with Crippen molar-refractivity contribution in [3.63, 3.8) is 0 Å². The van der Waals surface area contributed by atoms with Crippen molar-refractivity contribution in [3.8, 4) is 0 Å². The number of nitrogens with zero attached hydrogens (tertiary/aromatic N) is 6. The van der Waals surface area contributed by atoms with E-state index >= 15 is 0 Å². The van der Waals surface area contributed by atoms with Crippen LogP contribution in [0, 0.1) is 0 Å². The van der Waals surface area contributed by atoms with E-state index in [0.29, 0.717) is 19.6 Å². The number of carbonyl (C=O) groups excluding carboxylic acids is 1. The van der Waals surface area contributed by atoms with Crippen LogP contribution < -0.4 is 15.1 Å². The van der Waals surface area contributed by atoms with E-state index in [2.05, 4.69) is 25.2 Å². The number of anilines is 2. The first-order valence-corrected chi connectivity index (χ1v) is 8.29. The number of nitrogens with one attached hydrogen (secondary N) is 1. The molecule has 2 amide bonds. The summed E-state index contributed by atoms with van der Waals surface area (Å²) in [5.74, 6) is 1.74. The molecule has 1 aliphatic heterocycles. The minimum Gasteiger partial charge on any atom is -0.363 e. The molecule has 8 nitrogen and oxygen atoms in total. The van der Waals surface area contributed by atoms with E-state index in [-0.39, 0.29) is 6.03 Å².